The van der Waals surface area contributed by atoms with Crippen molar-refractivity contribution in [3.63, 3.8) is 0 Å². The van der Waals surface area contributed by atoms with E-state index in [1.165, 1.54) is 30.3 Å². The monoisotopic (exact) mass is 327 g/mol. The summed E-state index contributed by atoms with van der Waals surface area (Å²) in [6.07, 6.45) is 0. The van der Waals surface area contributed by atoms with Crippen LogP contribution >= 0.6 is 0 Å². The first kappa shape index (κ1) is 15.6. The average Bonchev–Trinajstić information content (AvgIpc) is 2.98. The number of benzene rings is 2. The summed E-state index contributed by atoms with van der Waals surface area (Å²) in [6, 6.07) is 14.2. The number of aromatic nitrogens is 2. The van der Waals surface area contributed by atoms with E-state index < -0.39 is 12.5 Å². The molecule has 0 aliphatic heterocycles. The van der Waals surface area contributed by atoms with Crippen LogP contribution < -0.4 is 0 Å². The number of rotatable bonds is 4. The number of carbonyl (C=O) groups excluding carboxylic acids is 1. The van der Waals surface area contributed by atoms with Gasteiger partial charge in [0.2, 0.25) is 0 Å². The maximum Gasteiger partial charge on any atom is 0.338 e. The van der Waals surface area contributed by atoms with Crippen LogP contribution in [0.25, 0.3) is 11.0 Å². The van der Waals surface area contributed by atoms with Gasteiger partial charge in [0, 0.05) is 0 Å². The van der Waals surface area contributed by atoms with Gasteiger partial charge in [-0.3, -0.25) is 4.57 Å². The molecule has 0 fully saturated rings. The third kappa shape index (κ3) is 2.94. The number of fused-ring (bicyclic) bond motifs is 1. The molecule has 0 aliphatic carbocycles. The Bertz CT molecular complexity index is 927. The van der Waals surface area contributed by atoms with Crippen LogP contribution in [0.1, 0.15) is 28.3 Å². The zero-order chi connectivity index (χ0) is 17.1. The molecular formula is C17H11F2N3O2. The molecule has 0 N–H and O–H groups in total. The lowest BCUT2D eigenvalue weighted by Gasteiger charge is -2.08. The Morgan fingerprint density at radius 2 is 1.92 bits per heavy atom. The van der Waals surface area contributed by atoms with E-state index in [1.54, 1.807) is 18.2 Å². The predicted octanol–water partition coefficient (Wildman–Crippen LogP) is 3.66. The van der Waals surface area contributed by atoms with Gasteiger partial charge in [0.1, 0.15) is 6.61 Å². The maximum absolute atomic E-state index is 13.3. The van der Waals surface area contributed by atoms with Gasteiger partial charge < -0.3 is 4.74 Å². The Hall–Kier alpha value is -3.27. The summed E-state index contributed by atoms with van der Waals surface area (Å²) in [6.45, 7) is -3.17. The summed E-state index contributed by atoms with van der Waals surface area (Å²) in [7, 11) is 0. The lowest BCUT2D eigenvalue weighted by molar-refractivity contribution is 0.0387. The van der Waals surface area contributed by atoms with Gasteiger partial charge in [-0.1, -0.05) is 12.1 Å². The summed E-state index contributed by atoms with van der Waals surface area (Å²) in [5, 5.41) is 8.72. The van der Waals surface area contributed by atoms with Crippen molar-refractivity contribution in [3.8, 4) is 6.07 Å². The number of esters is 1. The van der Waals surface area contributed by atoms with Crippen LogP contribution in [0.3, 0.4) is 0 Å². The average molecular weight is 327 g/mol. The molecule has 2 aromatic carbocycles. The summed E-state index contributed by atoms with van der Waals surface area (Å²) in [5.41, 5.74) is 1.32. The van der Waals surface area contributed by atoms with Gasteiger partial charge in [0.05, 0.1) is 28.2 Å². The molecule has 0 amide bonds. The molecule has 0 saturated heterocycles. The Labute approximate surface area is 135 Å². The minimum atomic E-state index is -2.79. The fourth-order valence-electron chi connectivity index (χ4n) is 2.31. The number of ether oxygens (including phenoxy) is 1. The zero-order valence-electron chi connectivity index (χ0n) is 12.3. The number of nitriles is 1. The number of nitrogens with zero attached hydrogens (tertiary/aromatic N) is 3. The number of para-hydroxylation sites is 2. The number of hydrogen-bond acceptors (Lipinski definition) is 4. The van der Waals surface area contributed by atoms with Crippen LogP contribution in [0.15, 0.2) is 48.5 Å². The Balaban J connectivity index is 1.81. The Morgan fingerprint density at radius 3 is 2.58 bits per heavy atom. The molecular weight excluding hydrogens is 316 g/mol. The summed E-state index contributed by atoms with van der Waals surface area (Å²) < 4.78 is 32.4. The highest BCUT2D eigenvalue weighted by molar-refractivity contribution is 5.89. The summed E-state index contributed by atoms with van der Waals surface area (Å²) >= 11 is 0. The number of carbonyl (C=O) groups is 1. The van der Waals surface area contributed by atoms with Crippen molar-refractivity contribution >= 4 is 17.0 Å². The second-order valence-electron chi connectivity index (χ2n) is 4.93. The third-order valence-electron chi connectivity index (χ3n) is 3.45. The van der Waals surface area contributed by atoms with Crippen molar-refractivity contribution in [1.82, 2.24) is 9.55 Å². The molecule has 7 heteroatoms. The van der Waals surface area contributed by atoms with Crippen LogP contribution in [-0.4, -0.2) is 15.5 Å². The van der Waals surface area contributed by atoms with Crippen LogP contribution in [0.2, 0.25) is 0 Å². The lowest BCUT2D eigenvalue weighted by Crippen LogP contribution is -2.10. The molecule has 1 aromatic heterocycles. The van der Waals surface area contributed by atoms with E-state index in [0.29, 0.717) is 11.1 Å². The lowest BCUT2D eigenvalue weighted by atomic mass is 10.1. The first-order chi connectivity index (χ1) is 11.6. The molecule has 0 unspecified atom stereocenters. The molecule has 0 saturated carbocycles. The quantitative estimate of drug-likeness (QED) is 0.686. The molecule has 3 rings (SSSR count). The Morgan fingerprint density at radius 1 is 1.21 bits per heavy atom. The van der Waals surface area contributed by atoms with Crippen molar-refractivity contribution in [2.75, 3.05) is 0 Å². The highest BCUT2D eigenvalue weighted by Gasteiger charge is 2.19. The van der Waals surface area contributed by atoms with Crippen molar-refractivity contribution < 1.29 is 18.3 Å². The van der Waals surface area contributed by atoms with E-state index in [1.807, 2.05) is 6.07 Å². The number of imidazole rings is 1. The molecule has 0 bridgehead atoms. The number of alkyl halides is 2. The van der Waals surface area contributed by atoms with E-state index in [2.05, 4.69) is 4.98 Å². The number of halogens is 2. The smallest absolute Gasteiger partial charge is 0.338 e. The molecule has 5 nitrogen and oxygen atoms in total. The van der Waals surface area contributed by atoms with Gasteiger partial charge >= 0.3 is 12.5 Å². The van der Waals surface area contributed by atoms with Gasteiger partial charge in [-0.25, -0.2) is 9.78 Å². The van der Waals surface area contributed by atoms with E-state index >= 15 is 0 Å². The second kappa shape index (κ2) is 6.46. The van der Waals surface area contributed by atoms with Crippen LogP contribution in [-0.2, 0) is 11.3 Å². The minimum Gasteiger partial charge on any atom is -0.454 e. The largest absolute Gasteiger partial charge is 0.454 e. The minimum absolute atomic E-state index is 0.0341. The van der Waals surface area contributed by atoms with E-state index in [-0.39, 0.29) is 23.5 Å². The van der Waals surface area contributed by atoms with Gasteiger partial charge in [-0.2, -0.15) is 14.0 Å². The van der Waals surface area contributed by atoms with Crippen molar-refractivity contribution in [1.29, 1.82) is 5.26 Å². The first-order valence-corrected chi connectivity index (χ1v) is 7.01. The molecule has 0 spiro atoms. The second-order valence-corrected chi connectivity index (χ2v) is 4.93. The van der Waals surface area contributed by atoms with Crippen LogP contribution in [0, 0.1) is 11.3 Å². The van der Waals surface area contributed by atoms with Gasteiger partial charge in [-0.05, 0) is 36.4 Å². The number of hydrogen-bond donors (Lipinski definition) is 0. The normalized spacial score (nSPS) is 10.8. The van der Waals surface area contributed by atoms with Crippen molar-refractivity contribution in [2.45, 2.75) is 13.2 Å². The third-order valence-corrected chi connectivity index (χ3v) is 3.45. The summed E-state index contributed by atoms with van der Waals surface area (Å²) in [4.78, 5) is 16.1. The van der Waals surface area contributed by atoms with Gasteiger partial charge in [0.15, 0.2) is 5.82 Å². The van der Waals surface area contributed by atoms with Gasteiger partial charge in [0.25, 0.3) is 0 Å². The van der Waals surface area contributed by atoms with E-state index in [0.717, 1.165) is 4.57 Å². The molecule has 1 heterocycles. The van der Waals surface area contributed by atoms with Crippen molar-refractivity contribution in [3.05, 3.63) is 65.5 Å². The predicted molar refractivity (Wildman–Crippen MR) is 81.3 cm³/mol. The topological polar surface area (TPSA) is 67.9 Å². The fourth-order valence-corrected chi connectivity index (χ4v) is 2.31. The zero-order valence-corrected chi connectivity index (χ0v) is 12.3. The highest BCUT2D eigenvalue weighted by Crippen LogP contribution is 2.23. The van der Waals surface area contributed by atoms with E-state index in [9.17, 15) is 13.6 Å². The SMILES string of the molecule is N#Cc1ccc(C(=O)OCc2nc3ccccc3n2C(F)F)cc1. The summed E-state index contributed by atoms with van der Waals surface area (Å²) in [5.74, 6) is -0.708. The standard InChI is InChI=1S/C17H11F2N3O2/c18-17(19)22-14-4-2-1-3-13(14)21-15(22)10-24-16(23)12-7-5-11(9-20)6-8-12/h1-8,17H,10H2. The molecule has 0 atom stereocenters. The van der Waals surface area contributed by atoms with Crippen LogP contribution in [0.5, 0.6) is 0 Å². The highest BCUT2D eigenvalue weighted by atomic mass is 19.3. The van der Waals surface area contributed by atoms with Gasteiger partial charge in [-0.15, -0.1) is 0 Å². The van der Waals surface area contributed by atoms with Crippen LogP contribution in [0.4, 0.5) is 8.78 Å². The van der Waals surface area contributed by atoms with E-state index in [4.69, 9.17) is 10.00 Å². The Kier molecular flexibility index (Phi) is 4.20. The fraction of sp³-hybridized carbons (Fsp3) is 0.118. The molecule has 24 heavy (non-hydrogen) atoms. The van der Waals surface area contributed by atoms with Crippen molar-refractivity contribution in [2.24, 2.45) is 0 Å². The maximum atomic E-state index is 13.3. The first-order valence-electron chi connectivity index (χ1n) is 7.01. The molecule has 120 valence electrons. The molecule has 3 aromatic rings. The molecule has 0 radical (unpaired) electrons. The molecule has 0 aliphatic rings.